The highest BCUT2D eigenvalue weighted by Crippen LogP contribution is 2.30. The van der Waals surface area contributed by atoms with Crippen molar-refractivity contribution in [2.75, 3.05) is 13.1 Å². The number of aromatic nitrogens is 2. The minimum atomic E-state index is -0.372. The zero-order chi connectivity index (χ0) is 24.2. The summed E-state index contributed by atoms with van der Waals surface area (Å²) >= 11 is 0. The maximum atomic E-state index is 13.6. The number of benzene rings is 3. The van der Waals surface area contributed by atoms with Crippen LogP contribution in [0.4, 0.5) is 8.78 Å². The Bertz CT molecular complexity index is 1320. The van der Waals surface area contributed by atoms with Crippen molar-refractivity contribution in [2.24, 2.45) is 0 Å². The molecule has 1 fully saturated rings. The van der Waals surface area contributed by atoms with Crippen molar-refractivity contribution < 1.29 is 22.8 Å². The summed E-state index contributed by atoms with van der Waals surface area (Å²) in [6.45, 7) is 1.25. The van der Waals surface area contributed by atoms with Crippen LogP contribution in [0.15, 0.2) is 77.3 Å². The Labute approximate surface area is 201 Å². The summed E-state index contributed by atoms with van der Waals surface area (Å²) < 4.78 is 38.1. The van der Waals surface area contributed by atoms with Gasteiger partial charge in [0, 0.05) is 18.7 Å². The largest absolute Gasteiger partial charge is 0.488 e. The van der Waals surface area contributed by atoms with Gasteiger partial charge >= 0.3 is 0 Å². The van der Waals surface area contributed by atoms with Crippen molar-refractivity contribution in [2.45, 2.75) is 25.4 Å². The Hall–Kier alpha value is -4.07. The predicted octanol–water partition coefficient (Wildman–Crippen LogP) is 5.61. The molecule has 1 atom stereocenters. The van der Waals surface area contributed by atoms with E-state index < -0.39 is 0 Å². The smallest absolute Gasteiger partial charge is 0.257 e. The van der Waals surface area contributed by atoms with Crippen molar-refractivity contribution in [3.63, 3.8) is 0 Å². The summed E-state index contributed by atoms with van der Waals surface area (Å²) in [6, 6.07) is 19.2. The van der Waals surface area contributed by atoms with Crippen LogP contribution in [0.2, 0.25) is 0 Å². The summed E-state index contributed by atoms with van der Waals surface area (Å²) in [6.07, 6.45) is 1.59. The molecule has 1 saturated heterocycles. The first-order chi connectivity index (χ1) is 17.1. The molecule has 178 valence electrons. The first-order valence-corrected chi connectivity index (χ1v) is 11.4. The van der Waals surface area contributed by atoms with Crippen molar-refractivity contribution in [3.05, 3.63) is 101 Å². The third-order valence-electron chi connectivity index (χ3n) is 6.01. The van der Waals surface area contributed by atoms with E-state index in [1.807, 2.05) is 6.07 Å². The lowest BCUT2D eigenvalue weighted by Crippen LogP contribution is -2.39. The molecule has 0 aliphatic carbocycles. The van der Waals surface area contributed by atoms with Crippen molar-refractivity contribution in [3.8, 4) is 17.1 Å². The van der Waals surface area contributed by atoms with E-state index in [2.05, 4.69) is 10.1 Å². The lowest BCUT2D eigenvalue weighted by atomic mass is 9.97. The topological polar surface area (TPSA) is 68.5 Å². The standard InChI is InChI=1S/C27H23F2N3O3/c28-21-12-10-18(11-13-21)17-34-24-9-2-1-8-23(24)27(33)32-14-4-6-20(16-32)26-30-25(31-35-26)19-5-3-7-22(29)15-19/h1-3,5,7-13,15,20H,4,6,14,16-17H2. The highest BCUT2D eigenvalue weighted by atomic mass is 19.1. The molecule has 1 aliphatic heterocycles. The summed E-state index contributed by atoms with van der Waals surface area (Å²) in [5.41, 5.74) is 1.80. The Morgan fingerprint density at radius 3 is 2.69 bits per heavy atom. The van der Waals surface area contributed by atoms with Crippen molar-refractivity contribution in [1.82, 2.24) is 15.0 Å². The second kappa shape index (κ2) is 10.0. The fourth-order valence-corrected chi connectivity index (χ4v) is 4.19. The quantitative estimate of drug-likeness (QED) is 0.362. The Morgan fingerprint density at radius 2 is 1.86 bits per heavy atom. The fraction of sp³-hybridized carbons (Fsp3) is 0.222. The minimum absolute atomic E-state index is 0.116. The molecule has 3 aromatic carbocycles. The van der Waals surface area contributed by atoms with Crippen LogP contribution in [0.1, 0.15) is 40.6 Å². The molecular weight excluding hydrogens is 452 g/mol. The van der Waals surface area contributed by atoms with E-state index >= 15 is 0 Å². The summed E-state index contributed by atoms with van der Waals surface area (Å²) in [5.74, 6) is 0.279. The molecule has 8 heteroatoms. The van der Waals surface area contributed by atoms with E-state index in [-0.39, 0.29) is 30.1 Å². The van der Waals surface area contributed by atoms with Gasteiger partial charge in [-0.05, 0) is 54.8 Å². The van der Waals surface area contributed by atoms with Gasteiger partial charge in [-0.15, -0.1) is 0 Å². The third kappa shape index (κ3) is 5.21. The molecule has 0 N–H and O–H groups in total. The average Bonchev–Trinajstić information content (AvgIpc) is 3.39. The van der Waals surface area contributed by atoms with Gasteiger partial charge in [-0.25, -0.2) is 8.78 Å². The minimum Gasteiger partial charge on any atom is -0.488 e. The number of para-hydroxylation sites is 1. The van der Waals surface area contributed by atoms with E-state index in [9.17, 15) is 13.6 Å². The van der Waals surface area contributed by atoms with E-state index in [0.717, 1.165) is 18.4 Å². The van der Waals surface area contributed by atoms with Crippen LogP contribution >= 0.6 is 0 Å². The highest BCUT2D eigenvalue weighted by molar-refractivity contribution is 5.97. The van der Waals surface area contributed by atoms with Gasteiger partial charge in [-0.1, -0.05) is 41.6 Å². The summed E-state index contributed by atoms with van der Waals surface area (Å²) in [4.78, 5) is 19.6. The molecule has 0 bridgehead atoms. The molecule has 1 amide bonds. The van der Waals surface area contributed by atoms with Gasteiger partial charge < -0.3 is 14.2 Å². The van der Waals surface area contributed by atoms with Crippen LogP contribution < -0.4 is 4.74 Å². The molecule has 1 aliphatic rings. The number of halogens is 2. The van der Waals surface area contributed by atoms with Crippen LogP contribution in [0.25, 0.3) is 11.4 Å². The SMILES string of the molecule is O=C(c1ccccc1OCc1ccc(F)cc1)N1CCCC(c2nc(-c3cccc(F)c3)no2)C1. The monoisotopic (exact) mass is 475 g/mol. The lowest BCUT2D eigenvalue weighted by molar-refractivity contribution is 0.0691. The number of carbonyl (C=O) groups excluding carboxylic acids is 1. The zero-order valence-corrected chi connectivity index (χ0v) is 18.9. The molecular formula is C27H23F2N3O3. The average molecular weight is 475 g/mol. The van der Waals surface area contributed by atoms with Gasteiger partial charge in [0.05, 0.1) is 11.5 Å². The van der Waals surface area contributed by atoms with Gasteiger partial charge in [-0.3, -0.25) is 4.79 Å². The lowest BCUT2D eigenvalue weighted by Gasteiger charge is -2.31. The number of likely N-dealkylation sites (tertiary alicyclic amines) is 1. The van der Waals surface area contributed by atoms with Crippen LogP contribution in [0.3, 0.4) is 0 Å². The van der Waals surface area contributed by atoms with Crippen molar-refractivity contribution >= 4 is 5.91 Å². The number of rotatable bonds is 6. The fourth-order valence-electron chi connectivity index (χ4n) is 4.19. The van der Waals surface area contributed by atoms with Crippen LogP contribution in [0.5, 0.6) is 5.75 Å². The summed E-state index contributed by atoms with van der Waals surface area (Å²) in [7, 11) is 0. The van der Waals surface area contributed by atoms with Crippen LogP contribution in [-0.2, 0) is 6.61 Å². The third-order valence-corrected chi connectivity index (χ3v) is 6.01. The van der Waals surface area contributed by atoms with E-state index in [0.29, 0.717) is 41.7 Å². The van der Waals surface area contributed by atoms with Gasteiger partial charge in [0.1, 0.15) is 24.0 Å². The molecule has 0 spiro atoms. The maximum absolute atomic E-state index is 13.6. The second-order valence-corrected chi connectivity index (χ2v) is 8.47. The number of ether oxygens (including phenoxy) is 1. The van der Waals surface area contributed by atoms with Gasteiger partial charge in [-0.2, -0.15) is 4.98 Å². The highest BCUT2D eigenvalue weighted by Gasteiger charge is 2.30. The van der Waals surface area contributed by atoms with E-state index in [4.69, 9.17) is 9.26 Å². The number of nitrogens with zero attached hydrogens (tertiary/aromatic N) is 3. The first-order valence-electron chi connectivity index (χ1n) is 11.4. The van der Waals surface area contributed by atoms with Gasteiger partial charge in [0.2, 0.25) is 11.7 Å². The number of amides is 1. The number of hydrogen-bond donors (Lipinski definition) is 0. The maximum Gasteiger partial charge on any atom is 0.257 e. The number of carbonyl (C=O) groups is 1. The van der Waals surface area contributed by atoms with Crippen LogP contribution in [-0.4, -0.2) is 34.0 Å². The summed E-state index contributed by atoms with van der Waals surface area (Å²) in [5, 5.41) is 4.00. The van der Waals surface area contributed by atoms with Crippen LogP contribution in [0, 0.1) is 11.6 Å². The predicted molar refractivity (Wildman–Crippen MR) is 125 cm³/mol. The van der Waals surface area contributed by atoms with Crippen molar-refractivity contribution in [1.29, 1.82) is 0 Å². The Balaban J connectivity index is 1.29. The first kappa shape index (κ1) is 22.7. The molecule has 0 radical (unpaired) electrons. The number of hydrogen-bond acceptors (Lipinski definition) is 5. The Kier molecular flexibility index (Phi) is 6.52. The molecule has 1 unspecified atom stereocenters. The van der Waals surface area contributed by atoms with Gasteiger partial charge in [0.15, 0.2) is 0 Å². The molecule has 5 rings (SSSR count). The molecule has 35 heavy (non-hydrogen) atoms. The molecule has 2 heterocycles. The number of piperidine rings is 1. The normalized spacial score (nSPS) is 15.7. The van der Waals surface area contributed by atoms with E-state index in [1.54, 1.807) is 47.4 Å². The molecule has 1 aromatic heterocycles. The second-order valence-electron chi connectivity index (χ2n) is 8.47. The van der Waals surface area contributed by atoms with Gasteiger partial charge in [0.25, 0.3) is 5.91 Å². The Morgan fingerprint density at radius 1 is 1.03 bits per heavy atom. The van der Waals surface area contributed by atoms with E-state index in [1.165, 1.54) is 24.3 Å². The molecule has 0 saturated carbocycles. The molecule has 4 aromatic rings. The molecule has 6 nitrogen and oxygen atoms in total. The zero-order valence-electron chi connectivity index (χ0n) is 18.9.